The van der Waals surface area contributed by atoms with Crippen LogP contribution in [0.25, 0.3) is 0 Å². The van der Waals surface area contributed by atoms with Crippen LogP contribution in [-0.4, -0.2) is 46.1 Å². The average molecular weight is 317 g/mol. The minimum absolute atomic E-state index is 0.0476. The van der Waals surface area contributed by atoms with Gasteiger partial charge in [-0.3, -0.25) is 4.79 Å². The van der Waals surface area contributed by atoms with Crippen LogP contribution < -0.4 is 5.32 Å². The second-order valence-corrected chi connectivity index (χ2v) is 8.86. The molecule has 2 aliphatic rings. The van der Waals surface area contributed by atoms with Crippen molar-refractivity contribution in [2.75, 3.05) is 25.7 Å². The number of hydrogen-bond donors (Lipinski definition) is 1. The molecular weight excluding hydrogens is 290 g/mol. The monoisotopic (exact) mass is 317 g/mol. The van der Waals surface area contributed by atoms with E-state index in [2.05, 4.69) is 10.1 Å². The third kappa shape index (κ3) is 4.68. The lowest BCUT2D eigenvalue weighted by atomic mass is 10.0. The Kier molecular flexibility index (Phi) is 5.30. The zero-order valence-electron chi connectivity index (χ0n) is 13.1. The van der Waals surface area contributed by atoms with Gasteiger partial charge in [0.2, 0.25) is 0 Å². The van der Waals surface area contributed by atoms with Crippen LogP contribution in [0.3, 0.4) is 0 Å². The van der Waals surface area contributed by atoms with Crippen molar-refractivity contribution in [3.8, 4) is 0 Å². The summed E-state index contributed by atoms with van der Waals surface area (Å²) in [5.74, 6) is 0.487. The molecule has 2 rings (SSSR count). The van der Waals surface area contributed by atoms with Crippen LogP contribution >= 0.6 is 0 Å². The topological polar surface area (TPSA) is 72.5 Å². The molecule has 2 fully saturated rings. The van der Waals surface area contributed by atoms with E-state index in [1.54, 1.807) is 0 Å². The fourth-order valence-corrected chi connectivity index (χ4v) is 5.97. The fourth-order valence-electron chi connectivity index (χ4n) is 3.54. The highest BCUT2D eigenvalue weighted by Gasteiger charge is 2.48. The molecule has 0 aromatic heterocycles. The van der Waals surface area contributed by atoms with Crippen LogP contribution in [0.15, 0.2) is 0 Å². The Bertz CT molecular complexity index is 464. The maximum Gasteiger partial charge on any atom is 0.306 e. The number of sulfone groups is 1. The van der Waals surface area contributed by atoms with Gasteiger partial charge in [-0.05, 0) is 44.1 Å². The lowest BCUT2D eigenvalue weighted by molar-refractivity contribution is -0.141. The molecule has 0 aromatic carbocycles. The number of carbonyl (C=O) groups excluding carboxylic acids is 1. The molecule has 0 aliphatic heterocycles. The number of ether oxygens (including phenoxy) is 1. The van der Waals surface area contributed by atoms with Crippen LogP contribution in [0.4, 0.5) is 0 Å². The lowest BCUT2D eigenvalue weighted by Gasteiger charge is -2.24. The van der Waals surface area contributed by atoms with Crippen LogP contribution in [0.2, 0.25) is 0 Å². The summed E-state index contributed by atoms with van der Waals surface area (Å²) in [7, 11) is 0.0487. The Morgan fingerprint density at radius 3 is 2.43 bits per heavy atom. The van der Waals surface area contributed by atoms with Gasteiger partial charge >= 0.3 is 5.97 Å². The third-order valence-corrected chi connectivity index (χ3v) is 6.92. The van der Waals surface area contributed by atoms with E-state index in [9.17, 15) is 13.2 Å². The first kappa shape index (κ1) is 16.7. The number of methoxy groups -OCH3 is 1. The van der Waals surface area contributed by atoms with Gasteiger partial charge in [-0.1, -0.05) is 12.8 Å². The summed E-state index contributed by atoms with van der Waals surface area (Å²) in [6.07, 6.45) is 6.51. The maximum absolute atomic E-state index is 12.5. The molecule has 2 aliphatic carbocycles. The summed E-state index contributed by atoms with van der Waals surface area (Å²) in [4.78, 5) is 11.4. The van der Waals surface area contributed by atoms with Gasteiger partial charge in [0.05, 0.1) is 25.0 Å². The molecule has 0 amide bonds. The predicted molar refractivity (Wildman–Crippen MR) is 81.8 cm³/mol. The molecule has 0 spiro atoms. The highest BCUT2D eigenvalue weighted by Crippen LogP contribution is 2.50. The summed E-state index contributed by atoms with van der Waals surface area (Å²) in [5, 5.41) is 3.19. The smallest absolute Gasteiger partial charge is 0.306 e. The number of esters is 1. The number of hydrogen-bond acceptors (Lipinski definition) is 5. The molecular formula is C15H27NO4S. The van der Waals surface area contributed by atoms with Gasteiger partial charge in [0, 0.05) is 6.04 Å². The van der Waals surface area contributed by atoms with Crippen molar-refractivity contribution in [3.05, 3.63) is 0 Å². The standard InChI is InChI=1S/C15H27NO4S/c1-16-13(12-5-3-4-6-12)10-21(18,19)11-15(7-8-15)9-14(17)20-2/h12-13,16H,3-11H2,1-2H3. The van der Waals surface area contributed by atoms with Crippen molar-refractivity contribution in [2.45, 2.75) is 51.0 Å². The first-order valence-corrected chi connectivity index (χ1v) is 9.66. The van der Waals surface area contributed by atoms with Gasteiger partial charge in [-0.15, -0.1) is 0 Å². The summed E-state index contributed by atoms with van der Waals surface area (Å²) >= 11 is 0. The molecule has 1 unspecified atom stereocenters. The van der Waals surface area contributed by atoms with E-state index in [4.69, 9.17) is 0 Å². The van der Waals surface area contributed by atoms with Gasteiger partial charge in [-0.2, -0.15) is 0 Å². The second-order valence-electron chi connectivity index (χ2n) is 6.75. The second kappa shape index (κ2) is 6.65. The molecule has 6 heteroatoms. The molecule has 0 saturated heterocycles. The van der Waals surface area contributed by atoms with Crippen molar-refractivity contribution in [2.24, 2.45) is 11.3 Å². The molecule has 1 atom stereocenters. The van der Waals surface area contributed by atoms with E-state index in [1.165, 1.54) is 20.0 Å². The van der Waals surface area contributed by atoms with Crippen molar-refractivity contribution < 1.29 is 17.9 Å². The number of rotatable bonds is 8. The van der Waals surface area contributed by atoms with E-state index >= 15 is 0 Å². The van der Waals surface area contributed by atoms with Crippen LogP contribution in [-0.2, 0) is 19.4 Å². The Balaban J connectivity index is 1.93. The van der Waals surface area contributed by atoms with E-state index in [0.29, 0.717) is 5.92 Å². The molecule has 0 aromatic rings. The van der Waals surface area contributed by atoms with E-state index < -0.39 is 9.84 Å². The quantitative estimate of drug-likeness (QED) is 0.687. The van der Waals surface area contributed by atoms with Crippen molar-refractivity contribution >= 4 is 15.8 Å². The summed E-state index contributed by atoms with van der Waals surface area (Å²) in [6, 6.07) is 0.0476. The van der Waals surface area contributed by atoms with Gasteiger partial charge < -0.3 is 10.1 Å². The van der Waals surface area contributed by atoms with Gasteiger partial charge in [0.25, 0.3) is 0 Å². The summed E-state index contributed by atoms with van der Waals surface area (Å²) in [6.45, 7) is 0. The molecule has 122 valence electrons. The molecule has 2 saturated carbocycles. The fraction of sp³-hybridized carbons (Fsp3) is 0.933. The molecule has 0 radical (unpaired) electrons. The maximum atomic E-state index is 12.5. The van der Waals surface area contributed by atoms with E-state index in [1.807, 2.05) is 7.05 Å². The van der Waals surface area contributed by atoms with Gasteiger partial charge in [0.1, 0.15) is 0 Å². The first-order valence-electron chi connectivity index (χ1n) is 7.84. The average Bonchev–Trinajstić information content (AvgIpc) is 2.94. The molecule has 21 heavy (non-hydrogen) atoms. The largest absolute Gasteiger partial charge is 0.469 e. The van der Waals surface area contributed by atoms with Crippen LogP contribution in [0, 0.1) is 11.3 Å². The zero-order chi connectivity index (χ0) is 15.5. The molecule has 0 bridgehead atoms. The molecule has 1 N–H and O–H groups in total. The van der Waals surface area contributed by atoms with Gasteiger partial charge in [-0.25, -0.2) is 8.42 Å². The normalized spacial score (nSPS) is 23.0. The minimum atomic E-state index is -3.15. The zero-order valence-corrected chi connectivity index (χ0v) is 13.9. The van der Waals surface area contributed by atoms with Crippen molar-refractivity contribution in [1.82, 2.24) is 5.32 Å². The van der Waals surface area contributed by atoms with Crippen molar-refractivity contribution in [1.29, 1.82) is 0 Å². The lowest BCUT2D eigenvalue weighted by Crippen LogP contribution is -2.40. The Labute approximate surface area is 127 Å². The summed E-state index contributed by atoms with van der Waals surface area (Å²) < 4.78 is 29.7. The SMILES string of the molecule is CNC(CS(=O)(=O)CC1(CC(=O)OC)CC1)C1CCCC1. The van der Waals surface area contributed by atoms with Crippen LogP contribution in [0.5, 0.6) is 0 Å². The number of nitrogens with one attached hydrogen (secondary N) is 1. The highest BCUT2D eigenvalue weighted by atomic mass is 32.2. The third-order valence-electron chi connectivity index (χ3n) is 5.00. The predicted octanol–water partition coefficient (Wildman–Crippen LogP) is 1.52. The Morgan fingerprint density at radius 1 is 1.33 bits per heavy atom. The van der Waals surface area contributed by atoms with E-state index in [0.717, 1.165) is 25.7 Å². The Hall–Kier alpha value is -0.620. The highest BCUT2D eigenvalue weighted by molar-refractivity contribution is 7.91. The van der Waals surface area contributed by atoms with Crippen LogP contribution in [0.1, 0.15) is 44.9 Å². The minimum Gasteiger partial charge on any atom is -0.469 e. The first-order chi connectivity index (χ1) is 9.90. The van der Waals surface area contributed by atoms with Gasteiger partial charge in [0.15, 0.2) is 9.84 Å². The van der Waals surface area contributed by atoms with E-state index in [-0.39, 0.29) is 35.4 Å². The molecule has 5 nitrogen and oxygen atoms in total. The summed E-state index contributed by atoms with van der Waals surface area (Å²) in [5.41, 5.74) is -0.347. The Morgan fingerprint density at radius 2 is 1.95 bits per heavy atom. The number of carbonyl (C=O) groups is 1. The van der Waals surface area contributed by atoms with Crippen molar-refractivity contribution in [3.63, 3.8) is 0 Å². The molecule has 0 heterocycles.